The molecule has 3 heterocycles. The van der Waals surface area contributed by atoms with Gasteiger partial charge in [-0.3, -0.25) is 0 Å². The Morgan fingerprint density at radius 3 is 2.75 bits per heavy atom. The maximum absolute atomic E-state index is 8.78. The van der Waals surface area contributed by atoms with Crippen molar-refractivity contribution in [2.75, 3.05) is 18.9 Å². The Hall–Kier alpha value is -2.18. The van der Waals surface area contributed by atoms with Crippen LogP contribution in [0.4, 0.5) is 5.95 Å². The van der Waals surface area contributed by atoms with E-state index in [2.05, 4.69) is 16.7 Å². The zero-order chi connectivity index (χ0) is 17.9. The minimum atomic E-state index is -0.186. The topological polar surface area (TPSA) is 85.7 Å². The van der Waals surface area contributed by atoms with Crippen LogP contribution in [0.15, 0.2) is 37.1 Å². The van der Waals surface area contributed by atoms with Gasteiger partial charge < -0.3 is 15.6 Å². The first-order valence-corrected chi connectivity index (χ1v) is 8.27. The largest absolute Gasteiger partial charge is 0.391 e. The number of allylic oxidation sites excluding steroid dienone is 3. The Morgan fingerprint density at radius 2 is 2.21 bits per heavy atom. The molecule has 0 bridgehead atoms. The Labute approximate surface area is 143 Å². The number of ether oxygens (including phenoxy) is 1. The number of nitrogen functional groups attached to an aromatic ring is 1. The molecular weight excluding hydrogens is 304 g/mol. The highest BCUT2D eigenvalue weighted by atomic mass is 16.5. The maximum atomic E-state index is 8.78. The maximum Gasteiger partial charge on any atom is 0.238 e. The molecule has 1 unspecified atom stereocenters. The molecule has 3 N–H and O–H groups in total. The van der Waals surface area contributed by atoms with Crippen LogP contribution in [0.1, 0.15) is 39.3 Å². The Kier molecular flexibility index (Phi) is 8.75. The zero-order valence-corrected chi connectivity index (χ0v) is 14.8. The number of aliphatic hydroxyl groups is 1. The van der Waals surface area contributed by atoms with Crippen molar-refractivity contribution in [1.29, 1.82) is 0 Å². The Bertz CT molecular complexity index is 658. The number of aromatic nitrogens is 3. The van der Waals surface area contributed by atoms with Gasteiger partial charge in [0.2, 0.25) is 5.95 Å². The van der Waals surface area contributed by atoms with Gasteiger partial charge in [0.25, 0.3) is 0 Å². The lowest BCUT2D eigenvalue weighted by Crippen LogP contribution is -2.21. The molecule has 0 aliphatic carbocycles. The van der Waals surface area contributed by atoms with Gasteiger partial charge in [0.15, 0.2) is 0 Å². The normalized spacial score (nSPS) is 17.3. The molecule has 0 radical (unpaired) electrons. The van der Waals surface area contributed by atoms with E-state index in [1.165, 1.54) is 0 Å². The van der Waals surface area contributed by atoms with E-state index in [1.807, 2.05) is 39.0 Å². The standard InChI is InChI=1S/C11H12N4.C5H10O2.C2H6/c1-3-4-8(2)10-6-5-9-7-13-11(12)14-15(9)10;6-5-2-1-3-7-4-5;1-2/h3-7H,1H2,2H3,(H2,12,14);5-6H,1-4H2;1-2H3/b8-4+;;. The highest BCUT2D eigenvalue weighted by Crippen LogP contribution is 2.16. The van der Waals surface area contributed by atoms with Crippen LogP contribution < -0.4 is 5.73 Å². The number of nitrogens with zero attached hydrogens (tertiary/aromatic N) is 3. The van der Waals surface area contributed by atoms with Gasteiger partial charge in [-0.2, -0.15) is 0 Å². The van der Waals surface area contributed by atoms with Crippen molar-refractivity contribution >= 4 is 17.0 Å². The lowest BCUT2D eigenvalue weighted by Gasteiger charge is -2.15. The van der Waals surface area contributed by atoms with Crippen LogP contribution in [0, 0.1) is 0 Å². The molecule has 6 heteroatoms. The number of fused-ring (bicyclic) bond motifs is 1. The molecule has 0 amide bonds. The fourth-order valence-corrected chi connectivity index (χ4v) is 2.20. The molecule has 0 aromatic carbocycles. The molecule has 0 spiro atoms. The van der Waals surface area contributed by atoms with Crippen molar-refractivity contribution in [1.82, 2.24) is 14.6 Å². The average Bonchev–Trinajstić information content (AvgIpc) is 3.01. The number of aliphatic hydroxyl groups excluding tert-OH is 1. The first-order valence-electron chi connectivity index (χ1n) is 8.27. The van der Waals surface area contributed by atoms with E-state index in [4.69, 9.17) is 15.6 Å². The predicted octanol–water partition coefficient (Wildman–Crippen LogP) is 3.08. The summed E-state index contributed by atoms with van der Waals surface area (Å²) < 4.78 is 6.71. The SMILES string of the molecule is C=C/C=C(\C)c1ccc2cnc(N)nn12.CC.OC1CCCOC1. The van der Waals surface area contributed by atoms with Gasteiger partial charge in [-0.05, 0) is 37.5 Å². The van der Waals surface area contributed by atoms with E-state index in [-0.39, 0.29) is 12.1 Å². The van der Waals surface area contributed by atoms with E-state index in [1.54, 1.807) is 16.8 Å². The molecule has 132 valence electrons. The van der Waals surface area contributed by atoms with Gasteiger partial charge in [0.1, 0.15) is 0 Å². The lowest BCUT2D eigenvalue weighted by molar-refractivity contribution is -0.00535. The van der Waals surface area contributed by atoms with Crippen LogP contribution in [0.25, 0.3) is 11.1 Å². The molecule has 1 saturated heterocycles. The third-order valence-corrected chi connectivity index (χ3v) is 3.32. The van der Waals surface area contributed by atoms with E-state index in [0.29, 0.717) is 6.61 Å². The predicted molar refractivity (Wildman–Crippen MR) is 98.7 cm³/mol. The van der Waals surface area contributed by atoms with Crippen molar-refractivity contribution in [3.05, 3.63) is 42.8 Å². The fraction of sp³-hybridized carbons (Fsp3) is 0.444. The van der Waals surface area contributed by atoms with Gasteiger partial charge >= 0.3 is 0 Å². The van der Waals surface area contributed by atoms with Crippen molar-refractivity contribution in [3.63, 3.8) is 0 Å². The van der Waals surface area contributed by atoms with Crippen molar-refractivity contribution in [2.24, 2.45) is 0 Å². The smallest absolute Gasteiger partial charge is 0.238 e. The molecule has 1 atom stereocenters. The van der Waals surface area contributed by atoms with Gasteiger partial charge in [-0.25, -0.2) is 9.50 Å². The van der Waals surface area contributed by atoms with E-state index in [9.17, 15) is 0 Å². The van der Waals surface area contributed by atoms with Crippen LogP contribution in [-0.2, 0) is 4.74 Å². The van der Waals surface area contributed by atoms with Gasteiger partial charge in [0, 0.05) is 6.61 Å². The van der Waals surface area contributed by atoms with E-state index in [0.717, 1.165) is 36.2 Å². The van der Waals surface area contributed by atoms with Crippen LogP contribution in [-0.4, -0.2) is 39.0 Å². The fourth-order valence-electron chi connectivity index (χ4n) is 2.20. The second kappa shape index (κ2) is 10.6. The molecular formula is C18H28N4O2. The average molecular weight is 332 g/mol. The first kappa shape index (κ1) is 19.9. The van der Waals surface area contributed by atoms with E-state index < -0.39 is 0 Å². The summed E-state index contributed by atoms with van der Waals surface area (Å²) >= 11 is 0. The highest BCUT2D eigenvalue weighted by molar-refractivity contribution is 5.67. The molecule has 6 nitrogen and oxygen atoms in total. The molecule has 3 rings (SSSR count). The molecule has 2 aromatic heterocycles. The van der Waals surface area contributed by atoms with E-state index >= 15 is 0 Å². The summed E-state index contributed by atoms with van der Waals surface area (Å²) in [5.74, 6) is 0.270. The molecule has 1 aliphatic heterocycles. The molecule has 0 saturated carbocycles. The van der Waals surface area contributed by atoms with Gasteiger partial charge in [-0.15, -0.1) is 5.10 Å². The highest BCUT2D eigenvalue weighted by Gasteiger charge is 2.08. The summed E-state index contributed by atoms with van der Waals surface area (Å²) in [7, 11) is 0. The summed E-state index contributed by atoms with van der Waals surface area (Å²) in [6.07, 6.45) is 7.13. The number of hydrogen-bond acceptors (Lipinski definition) is 5. The second-order valence-electron chi connectivity index (χ2n) is 5.13. The monoisotopic (exact) mass is 332 g/mol. The molecule has 1 fully saturated rings. The Morgan fingerprint density at radius 1 is 1.46 bits per heavy atom. The number of anilines is 1. The Balaban J connectivity index is 0.000000268. The zero-order valence-electron chi connectivity index (χ0n) is 14.8. The second-order valence-corrected chi connectivity index (χ2v) is 5.13. The summed E-state index contributed by atoms with van der Waals surface area (Å²) in [4.78, 5) is 3.93. The van der Waals surface area contributed by atoms with Crippen molar-refractivity contribution < 1.29 is 9.84 Å². The van der Waals surface area contributed by atoms with Crippen LogP contribution in [0.5, 0.6) is 0 Å². The number of rotatable bonds is 2. The third kappa shape index (κ3) is 5.79. The van der Waals surface area contributed by atoms with Gasteiger partial charge in [-0.1, -0.05) is 32.6 Å². The summed E-state index contributed by atoms with van der Waals surface area (Å²) in [6, 6.07) is 3.94. The molecule has 2 aromatic rings. The quantitative estimate of drug-likeness (QED) is 0.825. The van der Waals surface area contributed by atoms with Crippen LogP contribution in [0.2, 0.25) is 0 Å². The van der Waals surface area contributed by atoms with Crippen molar-refractivity contribution in [3.8, 4) is 0 Å². The number of hydrogen-bond donors (Lipinski definition) is 2. The van der Waals surface area contributed by atoms with Gasteiger partial charge in [0.05, 0.1) is 30.1 Å². The summed E-state index contributed by atoms with van der Waals surface area (Å²) in [5.41, 5.74) is 8.56. The third-order valence-electron chi connectivity index (χ3n) is 3.32. The molecule has 24 heavy (non-hydrogen) atoms. The summed E-state index contributed by atoms with van der Waals surface area (Å²) in [5, 5.41) is 12.9. The molecule has 1 aliphatic rings. The lowest BCUT2D eigenvalue weighted by atomic mass is 10.2. The van der Waals surface area contributed by atoms with Crippen LogP contribution >= 0.6 is 0 Å². The minimum Gasteiger partial charge on any atom is -0.391 e. The summed E-state index contributed by atoms with van der Waals surface area (Å²) in [6.45, 7) is 11.0. The first-order chi connectivity index (χ1) is 11.6. The van der Waals surface area contributed by atoms with Crippen molar-refractivity contribution in [2.45, 2.75) is 39.7 Å². The minimum absolute atomic E-state index is 0.186. The van der Waals surface area contributed by atoms with Crippen LogP contribution in [0.3, 0.4) is 0 Å². The number of nitrogens with two attached hydrogens (primary N) is 1.